The van der Waals surface area contributed by atoms with E-state index in [2.05, 4.69) is 17.1 Å². The zero-order chi connectivity index (χ0) is 20.9. The van der Waals surface area contributed by atoms with Crippen LogP contribution in [0, 0.1) is 5.41 Å². The Morgan fingerprint density at radius 3 is 2.00 bits per heavy atom. The van der Waals surface area contributed by atoms with E-state index in [-0.39, 0.29) is 17.4 Å². The molecule has 3 N–H and O–H groups in total. The maximum absolute atomic E-state index is 12.9. The number of carbonyl (C=O) groups excluding carboxylic acids is 1. The Labute approximate surface area is 173 Å². The molecule has 1 unspecified atom stereocenters. The molecule has 6 heteroatoms. The number of benzene rings is 2. The van der Waals surface area contributed by atoms with Gasteiger partial charge in [0.1, 0.15) is 11.5 Å². The number of hydrogen-bond donors (Lipinski definition) is 2. The normalized spacial score (nSPS) is 19.3. The molecule has 156 valence electrons. The minimum Gasteiger partial charge on any atom is -0.497 e. The number of rotatable bonds is 8. The molecule has 0 spiro atoms. The Morgan fingerprint density at radius 2 is 1.59 bits per heavy atom. The van der Waals surface area contributed by atoms with E-state index in [1.165, 1.54) is 0 Å². The molecule has 0 aromatic heterocycles. The lowest BCUT2D eigenvalue weighted by Crippen LogP contribution is -2.39. The minimum atomic E-state index is -0.247. The van der Waals surface area contributed by atoms with E-state index in [0.29, 0.717) is 13.1 Å². The fourth-order valence-corrected chi connectivity index (χ4v) is 3.79. The van der Waals surface area contributed by atoms with Crippen LogP contribution in [-0.2, 0) is 4.79 Å². The highest BCUT2D eigenvalue weighted by Crippen LogP contribution is 2.29. The highest BCUT2D eigenvalue weighted by atomic mass is 16.5. The lowest BCUT2D eigenvalue weighted by Gasteiger charge is -2.24. The molecule has 1 amide bonds. The van der Waals surface area contributed by atoms with Gasteiger partial charge in [-0.2, -0.15) is 0 Å². The summed E-state index contributed by atoms with van der Waals surface area (Å²) >= 11 is 0. The maximum Gasteiger partial charge on any atom is 0.234 e. The van der Waals surface area contributed by atoms with Crippen LogP contribution in [0.5, 0.6) is 11.5 Å². The molecule has 29 heavy (non-hydrogen) atoms. The van der Waals surface area contributed by atoms with Crippen molar-refractivity contribution in [2.75, 3.05) is 40.4 Å². The van der Waals surface area contributed by atoms with Crippen LogP contribution in [0.25, 0.3) is 0 Å². The number of ether oxygens (including phenoxy) is 2. The summed E-state index contributed by atoms with van der Waals surface area (Å²) in [4.78, 5) is 15.1. The summed E-state index contributed by atoms with van der Waals surface area (Å²) < 4.78 is 10.5. The molecule has 0 radical (unpaired) electrons. The molecule has 0 aliphatic carbocycles. The fraction of sp³-hybridized carbons (Fsp3) is 0.435. The number of carbonyl (C=O) groups is 1. The Balaban J connectivity index is 1.76. The summed E-state index contributed by atoms with van der Waals surface area (Å²) in [5.74, 6) is 1.57. The molecule has 1 saturated heterocycles. The van der Waals surface area contributed by atoms with Crippen LogP contribution >= 0.6 is 0 Å². The Bertz CT molecular complexity index is 760. The van der Waals surface area contributed by atoms with Crippen LogP contribution < -0.4 is 20.5 Å². The predicted molar refractivity (Wildman–Crippen MR) is 114 cm³/mol. The molecule has 1 heterocycles. The molecule has 0 saturated carbocycles. The third-order valence-electron chi connectivity index (χ3n) is 5.70. The van der Waals surface area contributed by atoms with Gasteiger partial charge in [-0.25, -0.2) is 0 Å². The number of nitrogens with zero attached hydrogens (tertiary/aromatic N) is 1. The second-order valence-electron chi connectivity index (χ2n) is 8.02. The van der Waals surface area contributed by atoms with Crippen LogP contribution in [0.2, 0.25) is 0 Å². The van der Waals surface area contributed by atoms with Gasteiger partial charge < -0.3 is 20.5 Å². The maximum atomic E-state index is 12.9. The molecule has 2 aromatic carbocycles. The van der Waals surface area contributed by atoms with Gasteiger partial charge in [-0.15, -0.1) is 0 Å². The van der Waals surface area contributed by atoms with Gasteiger partial charge >= 0.3 is 0 Å². The molecule has 1 aliphatic rings. The first-order valence-electron chi connectivity index (χ1n) is 9.96. The average Bonchev–Trinajstić information content (AvgIpc) is 3.13. The number of likely N-dealkylation sites (tertiary alicyclic amines) is 1. The summed E-state index contributed by atoms with van der Waals surface area (Å²) in [6.07, 6.45) is 1.02. The van der Waals surface area contributed by atoms with Crippen LogP contribution in [0.3, 0.4) is 0 Å². The van der Waals surface area contributed by atoms with Gasteiger partial charge in [0.25, 0.3) is 0 Å². The van der Waals surface area contributed by atoms with Crippen LogP contribution in [-0.4, -0.2) is 51.2 Å². The van der Waals surface area contributed by atoms with E-state index in [0.717, 1.165) is 42.1 Å². The molecule has 0 bridgehead atoms. The van der Waals surface area contributed by atoms with Gasteiger partial charge in [-0.1, -0.05) is 31.2 Å². The first-order chi connectivity index (χ1) is 14.0. The smallest absolute Gasteiger partial charge is 0.234 e. The third kappa shape index (κ3) is 5.28. The lowest BCUT2D eigenvalue weighted by atomic mass is 9.90. The Hall–Kier alpha value is -2.57. The van der Waals surface area contributed by atoms with E-state index in [4.69, 9.17) is 15.2 Å². The second-order valence-corrected chi connectivity index (χ2v) is 8.02. The quantitative estimate of drug-likeness (QED) is 0.716. The van der Waals surface area contributed by atoms with Gasteiger partial charge in [0, 0.05) is 6.54 Å². The molecule has 1 aliphatic heterocycles. The monoisotopic (exact) mass is 397 g/mol. The summed E-state index contributed by atoms with van der Waals surface area (Å²) in [6, 6.07) is 15.3. The largest absolute Gasteiger partial charge is 0.497 e. The van der Waals surface area contributed by atoms with Gasteiger partial charge in [-0.05, 0) is 60.3 Å². The first kappa shape index (κ1) is 21.1. The van der Waals surface area contributed by atoms with Crippen LogP contribution in [0.1, 0.15) is 30.5 Å². The van der Waals surface area contributed by atoms with Crippen LogP contribution in [0.15, 0.2) is 48.5 Å². The predicted octanol–water partition coefficient (Wildman–Crippen LogP) is 2.58. The second kappa shape index (κ2) is 9.29. The topological polar surface area (TPSA) is 76.8 Å². The molecular formula is C23H31N3O3. The van der Waals surface area contributed by atoms with Crippen molar-refractivity contribution in [2.45, 2.75) is 19.4 Å². The average molecular weight is 398 g/mol. The number of hydrogen-bond acceptors (Lipinski definition) is 5. The number of nitrogens with one attached hydrogen (secondary N) is 1. The number of methoxy groups -OCH3 is 2. The van der Waals surface area contributed by atoms with Crippen molar-refractivity contribution in [2.24, 2.45) is 11.1 Å². The summed E-state index contributed by atoms with van der Waals surface area (Å²) in [5, 5.41) is 3.20. The summed E-state index contributed by atoms with van der Waals surface area (Å²) in [7, 11) is 3.28. The van der Waals surface area contributed by atoms with Crippen molar-refractivity contribution in [3.05, 3.63) is 59.7 Å². The molecule has 6 nitrogen and oxygen atoms in total. The van der Waals surface area contributed by atoms with Gasteiger partial charge in [0.2, 0.25) is 5.91 Å². The third-order valence-corrected chi connectivity index (χ3v) is 5.70. The summed E-state index contributed by atoms with van der Waals surface area (Å²) in [5.41, 5.74) is 7.99. The molecule has 1 fully saturated rings. The zero-order valence-corrected chi connectivity index (χ0v) is 17.5. The SMILES string of the molecule is COc1ccc(C(NC(=O)CN2CCC(C)(CN)C2)c2ccc(OC)cc2)cc1. The first-order valence-corrected chi connectivity index (χ1v) is 9.96. The summed E-state index contributed by atoms with van der Waals surface area (Å²) in [6.45, 7) is 4.95. The molecule has 2 aromatic rings. The van der Waals surface area contributed by atoms with Crippen molar-refractivity contribution in [1.82, 2.24) is 10.2 Å². The highest BCUT2D eigenvalue weighted by Gasteiger charge is 2.33. The van der Waals surface area contributed by atoms with Crippen LogP contribution in [0.4, 0.5) is 0 Å². The van der Waals surface area contributed by atoms with Crippen molar-refractivity contribution in [3.8, 4) is 11.5 Å². The molecule has 3 rings (SSSR count). The van der Waals surface area contributed by atoms with Gasteiger partial charge in [0.15, 0.2) is 0 Å². The van der Waals surface area contributed by atoms with Crippen molar-refractivity contribution < 1.29 is 14.3 Å². The lowest BCUT2D eigenvalue weighted by molar-refractivity contribution is -0.122. The molecule has 1 atom stereocenters. The van der Waals surface area contributed by atoms with E-state index in [1.54, 1.807) is 14.2 Å². The standard InChI is InChI=1S/C23H31N3O3/c1-23(15-24)12-13-26(16-23)14-21(27)25-22(17-4-8-19(28-2)9-5-17)18-6-10-20(29-3)11-7-18/h4-11,22H,12-16,24H2,1-3H3,(H,25,27). The van der Waals surface area contributed by atoms with Gasteiger partial charge in [-0.3, -0.25) is 9.69 Å². The molecular weight excluding hydrogens is 366 g/mol. The highest BCUT2D eigenvalue weighted by molar-refractivity contribution is 5.79. The number of amides is 1. The van der Waals surface area contributed by atoms with E-state index in [1.807, 2.05) is 48.5 Å². The Morgan fingerprint density at radius 1 is 1.07 bits per heavy atom. The Kier molecular flexibility index (Phi) is 6.77. The minimum absolute atomic E-state index is 0.00269. The zero-order valence-electron chi connectivity index (χ0n) is 17.5. The number of nitrogens with two attached hydrogens (primary N) is 1. The fourth-order valence-electron chi connectivity index (χ4n) is 3.79. The van der Waals surface area contributed by atoms with E-state index in [9.17, 15) is 4.79 Å². The van der Waals surface area contributed by atoms with Crippen molar-refractivity contribution in [1.29, 1.82) is 0 Å². The van der Waals surface area contributed by atoms with Crippen molar-refractivity contribution >= 4 is 5.91 Å². The van der Waals surface area contributed by atoms with Crippen molar-refractivity contribution in [3.63, 3.8) is 0 Å². The van der Waals surface area contributed by atoms with Gasteiger partial charge in [0.05, 0.1) is 26.8 Å². The van der Waals surface area contributed by atoms with E-state index < -0.39 is 0 Å². The van der Waals surface area contributed by atoms with E-state index >= 15 is 0 Å².